The van der Waals surface area contributed by atoms with Crippen LogP contribution in [0.1, 0.15) is 17.8 Å². The Labute approximate surface area is 201 Å². The van der Waals surface area contributed by atoms with Gasteiger partial charge in [0.25, 0.3) is 0 Å². The third kappa shape index (κ3) is 5.38. The first kappa shape index (κ1) is 24.1. The van der Waals surface area contributed by atoms with Crippen molar-refractivity contribution in [1.29, 1.82) is 0 Å². The second-order valence-electron chi connectivity index (χ2n) is 7.15. The third-order valence-corrected chi connectivity index (χ3v) is 6.36. The molecular formula is C20H23ClN6O6S. The fourth-order valence-electron chi connectivity index (χ4n) is 3.36. The molecule has 0 unspecified atom stereocenters. The molecule has 1 fully saturated rings. The number of halogens is 1. The van der Waals surface area contributed by atoms with Crippen molar-refractivity contribution in [2.45, 2.75) is 12.5 Å². The minimum Gasteiger partial charge on any atom is -0.494 e. The fourth-order valence-corrected chi connectivity index (χ4v) is 4.43. The number of ether oxygens (including phenoxy) is 4. The van der Waals surface area contributed by atoms with Crippen LogP contribution in [0.4, 0.5) is 5.95 Å². The molecule has 34 heavy (non-hydrogen) atoms. The topological polar surface area (TPSA) is 140 Å². The molecular weight excluding hydrogens is 488 g/mol. The maximum Gasteiger partial charge on any atom is 0.243 e. The summed E-state index contributed by atoms with van der Waals surface area (Å²) in [5.41, 5.74) is 0.417. The number of anilines is 1. The van der Waals surface area contributed by atoms with Crippen LogP contribution >= 0.6 is 11.6 Å². The molecule has 3 aromatic rings. The number of hydrogen-bond acceptors (Lipinski definition) is 10. The molecule has 4 rings (SSSR count). The van der Waals surface area contributed by atoms with Crippen LogP contribution in [0.25, 0.3) is 5.69 Å². The summed E-state index contributed by atoms with van der Waals surface area (Å²) in [6.07, 6.45) is 2.32. The highest BCUT2D eigenvalue weighted by atomic mass is 35.5. The first-order valence-corrected chi connectivity index (χ1v) is 12.3. The highest BCUT2D eigenvalue weighted by Crippen LogP contribution is 2.37. The first-order valence-electron chi connectivity index (χ1n) is 10.2. The zero-order valence-corrected chi connectivity index (χ0v) is 20.0. The van der Waals surface area contributed by atoms with E-state index in [9.17, 15) is 8.42 Å². The second-order valence-corrected chi connectivity index (χ2v) is 9.43. The fraction of sp³-hybridized carbons (Fsp3) is 0.400. The predicted octanol–water partition coefficient (Wildman–Crippen LogP) is 1.80. The Morgan fingerprint density at radius 1 is 1.15 bits per heavy atom. The van der Waals surface area contributed by atoms with Gasteiger partial charge in [0.2, 0.25) is 16.0 Å². The number of para-hydroxylation sites is 1. The maximum atomic E-state index is 12.9. The van der Waals surface area contributed by atoms with Gasteiger partial charge in [-0.3, -0.25) is 9.29 Å². The van der Waals surface area contributed by atoms with Crippen molar-refractivity contribution in [1.82, 2.24) is 24.7 Å². The van der Waals surface area contributed by atoms with Crippen LogP contribution in [0.3, 0.4) is 0 Å². The summed E-state index contributed by atoms with van der Waals surface area (Å²) in [5.74, 6) is 1.18. The van der Waals surface area contributed by atoms with Crippen LogP contribution in [-0.2, 0) is 25.9 Å². The Morgan fingerprint density at radius 3 is 2.47 bits per heavy atom. The first-order chi connectivity index (χ1) is 16.4. The van der Waals surface area contributed by atoms with Crippen molar-refractivity contribution in [2.75, 3.05) is 44.5 Å². The van der Waals surface area contributed by atoms with Gasteiger partial charge in [-0.25, -0.2) is 18.4 Å². The molecule has 0 spiro atoms. The zero-order valence-electron chi connectivity index (χ0n) is 18.5. The van der Waals surface area contributed by atoms with E-state index in [0.29, 0.717) is 47.1 Å². The summed E-state index contributed by atoms with van der Waals surface area (Å²) in [7, 11) is -0.873. The van der Waals surface area contributed by atoms with Crippen LogP contribution in [0.5, 0.6) is 11.5 Å². The van der Waals surface area contributed by atoms with Crippen LogP contribution in [0, 0.1) is 0 Å². The highest BCUT2D eigenvalue weighted by molar-refractivity contribution is 7.92. The van der Waals surface area contributed by atoms with Gasteiger partial charge < -0.3 is 18.9 Å². The molecule has 0 aliphatic carbocycles. The second kappa shape index (κ2) is 10.5. The summed E-state index contributed by atoms with van der Waals surface area (Å²) in [6.45, 7) is 1.05. The van der Waals surface area contributed by atoms with Crippen LogP contribution < -0.4 is 14.2 Å². The molecule has 1 aliphatic rings. The van der Waals surface area contributed by atoms with Gasteiger partial charge in [-0.15, -0.1) is 10.2 Å². The Balaban J connectivity index is 1.70. The molecule has 0 bridgehead atoms. The Hall–Kier alpha value is -3.00. The minimum atomic E-state index is -3.87. The van der Waals surface area contributed by atoms with Crippen molar-refractivity contribution in [2.24, 2.45) is 0 Å². The van der Waals surface area contributed by atoms with Crippen molar-refractivity contribution in [3.63, 3.8) is 0 Å². The molecule has 0 amide bonds. The SMILES string of the molecule is COc1cccc(OC)c1-n1c(NS(=O)(=O)CCc2ncc(Cl)cn2)nnc1[C@@H]1COCCO1. The molecule has 2 aromatic heterocycles. The molecule has 0 saturated carbocycles. The molecule has 1 N–H and O–H groups in total. The minimum absolute atomic E-state index is 0.0519. The van der Waals surface area contributed by atoms with E-state index in [2.05, 4.69) is 24.9 Å². The smallest absolute Gasteiger partial charge is 0.243 e. The molecule has 0 radical (unpaired) electrons. The van der Waals surface area contributed by atoms with Gasteiger partial charge in [0, 0.05) is 18.8 Å². The number of nitrogens with one attached hydrogen (secondary N) is 1. The van der Waals surface area contributed by atoms with Crippen molar-refractivity contribution < 1.29 is 27.4 Å². The summed E-state index contributed by atoms with van der Waals surface area (Å²) in [4.78, 5) is 8.06. The van der Waals surface area contributed by atoms with E-state index in [4.69, 9.17) is 30.5 Å². The number of hydrogen-bond donors (Lipinski definition) is 1. The molecule has 1 aliphatic heterocycles. The van der Waals surface area contributed by atoms with Crippen molar-refractivity contribution >= 4 is 27.6 Å². The molecule has 14 heteroatoms. The zero-order chi connectivity index (χ0) is 24.1. The van der Waals surface area contributed by atoms with E-state index < -0.39 is 16.1 Å². The number of methoxy groups -OCH3 is 2. The molecule has 3 heterocycles. The standard InChI is InChI=1S/C20H23ClN6O6S/c1-30-14-4-3-5-15(31-2)18(14)27-19(16-12-32-7-8-33-16)24-25-20(27)26-34(28,29)9-6-17-22-10-13(21)11-23-17/h3-5,10-11,16H,6-9,12H2,1-2H3,(H,25,26)/t16-/m0/s1. The highest BCUT2D eigenvalue weighted by Gasteiger charge is 2.30. The van der Waals surface area contributed by atoms with Crippen LogP contribution in [-0.4, -0.2) is 72.9 Å². The Bertz CT molecular complexity index is 1210. The molecule has 12 nitrogen and oxygen atoms in total. The maximum absolute atomic E-state index is 12.9. The van der Waals surface area contributed by atoms with Crippen LogP contribution in [0.15, 0.2) is 30.6 Å². The van der Waals surface area contributed by atoms with Gasteiger partial charge in [-0.2, -0.15) is 0 Å². The van der Waals surface area contributed by atoms with E-state index in [1.807, 2.05) is 0 Å². The normalized spacial score (nSPS) is 16.3. The van der Waals surface area contributed by atoms with E-state index in [1.54, 1.807) is 18.2 Å². The number of aromatic nitrogens is 5. The Morgan fingerprint density at radius 2 is 1.85 bits per heavy atom. The molecule has 182 valence electrons. The van der Waals surface area contributed by atoms with Crippen molar-refractivity contribution in [3.05, 3.63) is 47.3 Å². The quantitative estimate of drug-likeness (QED) is 0.453. The average Bonchev–Trinajstić information content (AvgIpc) is 3.25. The molecule has 1 saturated heterocycles. The van der Waals surface area contributed by atoms with E-state index in [0.717, 1.165) is 0 Å². The van der Waals surface area contributed by atoms with Gasteiger partial charge in [0.15, 0.2) is 5.82 Å². The number of rotatable bonds is 9. The number of sulfonamides is 1. The summed E-state index contributed by atoms with van der Waals surface area (Å²) in [5, 5.41) is 8.67. The third-order valence-electron chi connectivity index (χ3n) is 4.93. The van der Waals surface area contributed by atoms with Gasteiger partial charge in [0.05, 0.1) is 44.8 Å². The van der Waals surface area contributed by atoms with E-state index >= 15 is 0 Å². The number of nitrogens with zero attached hydrogens (tertiary/aromatic N) is 5. The van der Waals surface area contributed by atoms with Gasteiger partial charge in [-0.1, -0.05) is 17.7 Å². The number of aryl methyl sites for hydroxylation is 1. The lowest BCUT2D eigenvalue weighted by molar-refractivity contribution is -0.0941. The lowest BCUT2D eigenvalue weighted by Crippen LogP contribution is -2.26. The monoisotopic (exact) mass is 510 g/mol. The van der Waals surface area contributed by atoms with E-state index in [1.165, 1.54) is 31.2 Å². The number of benzene rings is 1. The lowest BCUT2D eigenvalue weighted by atomic mass is 10.2. The van der Waals surface area contributed by atoms with E-state index in [-0.39, 0.29) is 24.7 Å². The Kier molecular flexibility index (Phi) is 7.46. The summed E-state index contributed by atoms with van der Waals surface area (Å²) in [6, 6.07) is 5.19. The predicted molar refractivity (Wildman–Crippen MR) is 122 cm³/mol. The molecule has 1 atom stereocenters. The molecule has 1 aromatic carbocycles. The van der Waals surface area contributed by atoms with Crippen LogP contribution in [0.2, 0.25) is 5.02 Å². The average molecular weight is 511 g/mol. The largest absolute Gasteiger partial charge is 0.494 e. The van der Waals surface area contributed by atoms with Gasteiger partial charge >= 0.3 is 0 Å². The summed E-state index contributed by atoms with van der Waals surface area (Å²) >= 11 is 5.79. The lowest BCUT2D eigenvalue weighted by Gasteiger charge is -2.24. The van der Waals surface area contributed by atoms with Gasteiger partial charge in [-0.05, 0) is 12.1 Å². The van der Waals surface area contributed by atoms with Gasteiger partial charge in [0.1, 0.15) is 29.1 Å². The summed E-state index contributed by atoms with van der Waals surface area (Å²) < 4.78 is 52.2. The van der Waals surface area contributed by atoms with Crippen molar-refractivity contribution in [3.8, 4) is 17.2 Å².